The number of para-hydroxylation sites is 1. The summed E-state index contributed by atoms with van der Waals surface area (Å²) in [5, 5.41) is 0. The summed E-state index contributed by atoms with van der Waals surface area (Å²) in [6, 6.07) is 15.1. The van der Waals surface area contributed by atoms with Crippen LogP contribution in [0.2, 0.25) is 0 Å². The number of nitrogens with zero attached hydrogens (tertiary/aromatic N) is 4. The van der Waals surface area contributed by atoms with Gasteiger partial charge in [0, 0.05) is 37.9 Å². The quantitative estimate of drug-likeness (QED) is 0.648. The van der Waals surface area contributed by atoms with Crippen LogP contribution in [0.25, 0.3) is 0 Å². The minimum atomic E-state index is -0.110. The Hall–Kier alpha value is -3.61. The maximum atomic E-state index is 13.0. The fourth-order valence-corrected chi connectivity index (χ4v) is 3.37. The first-order valence-electron chi connectivity index (χ1n) is 9.88. The third-order valence-corrected chi connectivity index (χ3v) is 5.07. The first-order valence-corrected chi connectivity index (χ1v) is 9.88. The van der Waals surface area contributed by atoms with Gasteiger partial charge in [-0.15, -0.1) is 0 Å². The van der Waals surface area contributed by atoms with Gasteiger partial charge in [-0.3, -0.25) is 9.78 Å². The maximum Gasteiger partial charge on any atom is 0.272 e. The summed E-state index contributed by atoms with van der Waals surface area (Å²) in [5.41, 5.74) is 2.42. The van der Waals surface area contributed by atoms with Crippen LogP contribution in [-0.4, -0.2) is 54.1 Å². The summed E-state index contributed by atoms with van der Waals surface area (Å²) in [6.07, 6.45) is 3.41. The zero-order valence-corrected chi connectivity index (χ0v) is 17.1. The van der Waals surface area contributed by atoms with Crippen LogP contribution in [0.3, 0.4) is 0 Å². The smallest absolute Gasteiger partial charge is 0.272 e. The summed E-state index contributed by atoms with van der Waals surface area (Å²) < 4.78 is 11.3. The molecule has 1 aliphatic rings. The molecule has 0 bridgehead atoms. The molecule has 154 valence electrons. The SMILES string of the molecule is COc1cc(C(=O)N2CCN(c3ccc(C)nc3)CC2)ncc1Oc1ccccc1. The lowest BCUT2D eigenvalue weighted by Gasteiger charge is -2.35. The fourth-order valence-electron chi connectivity index (χ4n) is 3.37. The molecule has 7 heteroatoms. The van der Waals surface area contributed by atoms with Crippen LogP contribution in [0.4, 0.5) is 5.69 Å². The lowest BCUT2D eigenvalue weighted by atomic mass is 10.2. The van der Waals surface area contributed by atoms with E-state index in [0.717, 1.165) is 24.5 Å². The third-order valence-electron chi connectivity index (χ3n) is 5.07. The van der Waals surface area contributed by atoms with E-state index in [9.17, 15) is 4.79 Å². The van der Waals surface area contributed by atoms with E-state index < -0.39 is 0 Å². The van der Waals surface area contributed by atoms with Crippen molar-refractivity contribution in [3.05, 3.63) is 72.3 Å². The molecule has 1 fully saturated rings. The van der Waals surface area contributed by atoms with Gasteiger partial charge in [0.25, 0.3) is 5.91 Å². The number of amides is 1. The number of methoxy groups -OCH3 is 1. The number of piperazine rings is 1. The Bertz CT molecular complexity index is 1000. The van der Waals surface area contributed by atoms with Crippen LogP contribution >= 0.6 is 0 Å². The second-order valence-corrected chi connectivity index (χ2v) is 7.07. The lowest BCUT2D eigenvalue weighted by Crippen LogP contribution is -2.49. The Labute approximate surface area is 175 Å². The molecule has 1 amide bonds. The molecule has 0 radical (unpaired) electrons. The van der Waals surface area contributed by atoms with Crippen LogP contribution in [0, 0.1) is 6.92 Å². The predicted octanol–water partition coefficient (Wildman–Crippen LogP) is 3.55. The second kappa shape index (κ2) is 8.82. The Morgan fingerprint density at radius 3 is 2.37 bits per heavy atom. The van der Waals surface area contributed by atoms with E-state index in [1.54, 1.807) is 13.2 Å². The van der Waals surface area contributed by atoms with E-state index in [1.807, 2.05) is 54.4 Å². The summed E-state index contributed by atoms with van der Waals surface area (Å²) in [7, 11) is 1.55. The number of aromatic nitrogens is 2. The molecule has 0 unspecified atom stereocenters. The largest absolute Gasteiger partial charge is 0.493 e. The molecule has 30 heavy (non-hydrogen) atoms. The molecule has 0 atom stereocenters. The van der Waals surface area contributed by atoms with Crippen LogP contribution in [0.1, 0.15) is 16.2 Å². The highest BCUT2D eigenvalue weighted by Gasteiger charge is 2.24. The summed E-state index contributed by atoms with van der Waals surface area (Å²) in [6.45, 7) is 4.72. The van der Waals surface area contributed by atoms with Crippen molar-refractivity contribution in [1.82, 2.24) is 14.9 Å². The van der Waals surface area contributed by atoms with Crippen molar-refractivity contribution in [3.8, 4) is 17.2 Å². The van der Waals surface area contributed by atoms with Crippen LogP contribution < -0.4 is 14.4 Å². The van der Waals surface area contributed by atoms with Crippen LogP contribution in [-0.2, 0) is 0 Å². The molecule has 3 aromatic rings. The number of anilines is 1. The zero-order chi connectivity index (χ0) is 20.9. The number of carbonyl (C=O) groups is 1. The van der Waals surface area contributed by atoms with Gasteiger partial charge in [-0.1, -0.05) is 18.2 Å². The number of hydrogen-bond donors (Lipinski definition) is 0. The van der Waals surface area contributed by atoms with E-state index >= 15 is 0 Å². The number of carbonyl (C=O) groups excluding carboxylic acids is 1. The van der Waals surface area contributed by atoms with E-state index in [1.165, 1.54) is 6.20 Å². The first-order chi connectivity index (χ1) is 14.6. The second-order valence-electron chi connectivity index (χ2n) is 7.07. The molecule has 1 aromatic carbocycles. The van der Waals surface area contributed by atoms with Gasteiger partial charge in [0.2, 0.25) is 0 Å². The number of ether oxygens (including phenoxy) is 2. The van der Waals surface area contributed by atoms with Gasteiger partial charge in [-0.05, 0) is 31.2 Å². The predicted molar refractivity (Wildman–Crippen MR) is 114 cm³/mol. The minimum Gasteiger partial charge on any atom is -0.493 e. The highest BCUT2D eigenvalue weighted by atomic mass is 16.5. The van der Waals surface area contributed by atoms with Gasteiger partial charge < -0.3 is 19.3 Å². The molecule has 2 aromatic heterocycles. The highest BCUT2D eigenvalue weighted by Crippen LogP contribution is 2.31. The monoisotopic (exact) mass is 404 g/mol. The normalized spacial score (nSPS) is 13.8. The molecular formula is C23H24N4O3. The zero-order valence-electron chi connectivity index (χ0n) is 17.1. The van der Waals surface area contributed by atoms with Crippen LogP contribution in [0.5, 0.6) is 17.2 Å². The Balaban J connectivity index is 1.42. The highest BCUT2D eigenvalue weighted by molar-refractivity contribution is 5.93. The Kier molecular flexibility index (Phi) is 5.79. The Morgan fingerprint density at radius 1 is 0.933 bits per heavy atom. The van der Waals surface area contributed by atoms with Crippen molar-refractivity contribution in [2.45, 2.75) is 6.92 Å². The van der Waals surface area contributed by atoms with Gasteiger partial charge >= 0.3 is 0 Å². The molecule has 1 aliphatic heterocycles. The number of benzene rings is 1. The number of aryl methyl sites for hydroxylation is 1. The van der Waals surface area contributed by atoms with Gasteiger partial charge in [-0.2, -0.15) is 0 Å². The summed E-state index contributed by atoms with van der Waals surface area (Å²) >= 11 is 0. The lowest BCUT2D eigenvalue weighted by molar-refractivity contribution is 0.0740. The Morgan fingerprint density at radius 2 is 1.70 bits per heavy atom. The van der Waals surface area contributed by atoms with Crippen LogP contribution in [0.15, 0.2) is 60.9 Å². The van der Waals surface area contributed by atoms with Crippen molar-refractivity contribution in [3.63, 3.8) is 0 Å². The molecule has 0 spiro atoms. The molecular weight excluding hydrogens is 380 g/mol. The van der Waals surface area contributed by atoms with Crippen molar-refractivity contribution >= 4 is 11.6 Å². The van der Waals surface area contributed by atoms with E-state index in [2.05, 4.69) is 20.9 Å². The van der Waals surface area contributed by atoms with Gasteiger partial charge in [-0.25, -0.2) is 4.98 Å². The van der Waals surface area contributed by atoms with E-state index in [4.69, 9.17) is 9.47 Å². The molecule has 4 rings (SSSR count). The van der Waals surface area contributed by atoms with Crippen molar-refractivity contribution < 1.29 is 14.3 Å². The molecule has 3 heterocycles. The average molecular weight is 404 g/mol. The number of pyridine rings is 2. The van der Waals surface area contributed by atoms with Gasteiger partial charge in [0.15, 0.2) is 11.5 Å². The van der Waals surface area contributed by atoms with Gasteiger partial charge in [0.1, 0.15) is 11.4 Å². The van der Waals surface area contributed by atoms with Crippen molar-refractivity contribution in [2.24, 2.45) is 0 Å². The molecule has 0 aliphatic carbocycles. The molecule has 0 saturated carbocycles. The van der Waals surface area contributed by atoms with E-state index in [0.29, 0.717) is 36.0 Å². The third kappa shape index (κ3) is 4.35. The summed E-state index contributed by atoms with van der Waals surface area (Å²) in [5.74, 6) is 1.51. The number of hydrogen-bond acceptors (Lipinski definition) is 6. The fraction of sp³-hybridized carbons (Fsp3) is 0.261. The minimum absolute atomic E-state index is 0.110. The topological polar surface area (TPSA) is 67.8 Å². The first kappa shape index (κ1) is 19.7. The summed E-state index contributed by atoms with van der Waals surface area (Å²) in [4.78, 5) is 25.7. The molecule has 1 saturated heterocycles. The maximum absolute atomic E-state index is 13.0. The van der Waals surface area contributed by atoms with Crippen molar-refractivity contribution in [2.75, 3.05) is 38.2 Å². The average Bonchev–Trinajstić information content (AvgIpc) is 2.80. The van der Waals surface area contributed by atoms with Crippen molar-refractivity contribution in [1.29, 1.82) is 0 Å². The standard InChI is InChI=1S/C23H24N4O3/c1-17-8-9-18(15-24-17)26-10-12-27(13-11-26)23(28)20-14-21(29-2)22(16-25-20)30-19-6-4-3-5-7-19/h3-9,14-16H,10-13H2,1-2H3. The van der Waals surface area contributed by atoms with Gasteiger partial charge in [0.05, 0.1) is 25.2 Å². The van der Waals surface area contributed by atoms with E-state index in [-0.39, 0.29) is 5.91 Å². The molecule has 0 N–H and O–H groups in total. The number of rotatable bonds is 5. The molecule has 7 nitrogen and oxygen atoms in total.